The number of aliphatic hydroxyl groups is 1. The third-order valence-electron chi connectivity index (χ3n) is 5.89. The molecular formula is C26H23F2N3O4. The second kappa shape index (κ2) is 9.63. The lowest BCUT2D eigenvalue weighted by atomic mass is 9.95. The molecule has 3 unspecified atom stereocenters. The molecule has 7 nitrogen and oxygen atoms in total. The van der Waals surface area contributed by atoms with Gasteiger partial charge in [-0.2, -0.15) is 0 Å². The Hall–Kier alpha value is -4.11. The van der Waals surface area contributed by atoms with Crippen molar-refractivity contribution in [2.75, 3.05) is 11.9 Å². The van der Waals surface area contributed by atoms with Gasteiger partial charge in [-0.05, 0) is 41.8 Å². The predicted molar refractivity (Wildman–Crippen MR) is 125 cm³/mol. The molecule has 3 aromatic carbocycles. The summed E-state index contributed by atoms with van der Waals surface area (Å²) >= 11 is 0. The topological polar surface area (TPSA) is 98.7 Å². The zero-order valence-electron chi connectivity index (χ0n) is 19.0. The van der Waals surface area contributed by atoms with E-state index in [0.717, 1.165) is 23.3 Å². The summed E-state index contributed by atoms with van der Waals surface area (Å²) in [4.78, 5) is 40.2. The molecule has 1 aliphatic heterocycles. The maximum atomic E-state index is 13.4. The number of aliphatic hydroxyl groups excluding tert-OH is 1. The van der Waals surface area contributed by atoms with Crippen LogP contribution in [-0.4, -0.2) is 35.9 Å². The first-order chi connectivity index (χ1) is 16.7. The van der Waals surface area contributed by atoms with E-state index in [2.05, 4.69) is 10.6 Å². The summed E-state index contributed by atoms with van der Waals surface area (Å²) in [5, 5.41) is 15.2. The quantitative estimate of drug-likeness (QED) is 0.524. The van der Waals surface area contributed by atoms with E-state index in [4.69, 9.17) is 0 Å². The third kappa shape index (κ3) is 4.76. The highest BCUT2D eigenvalue weighted by atomic mass is 19.1. The molecule has 0 spiro atoms. The van der Waals surface area contributed by atoms with Crippen molar-refractivity contribution in [1.82, 2.24) is 10.6 Å². The van der Waals surface area contributed by atoms with Crippen LogP contribution in [0.15, 0.2) is 66.7 Å². The largest absolute Gasteiger partial charge is 0.378 e. The normalized spacial score (nSPS) is 16.4. The summed E-state index contributed by atoms with van der Waals surface area (Å²) in [7, 11) is 1.62. The van der Waals surface area contributed by atoms with E-state index in [-0.39, 0.29) is 11.5 Å². The highest BCUT2D eigenvalue weighted by Gasteiger charge is 2.34. The zero-order valence-corrected chi connectivity index (χ0v) is 19.0. The second-order valence-corrected chi connectivity index (χ2v) is 8.28. The van der Waals surface area contributed by atoms with Crippen molar-refractivity contribution < 1.29 is 28.3 Å². The summed E-state index contributed by atoms with van der Waals surface area (Å²) < 4.78 is 26.9. The van der Waals surface area contributed by atoms with Crippen molar-refractivity contribution in [2.24, 2.45) is 0 Å². The molecule has 35 heavy (non-hydrogen) atoms. The molecule has 0 aromatic heterocycles. The standard InChI is InChI=1S/C26H23F2N3O4/c1-14(29-25(34)23(32)15-11-16(27)13-17(28)12-15)24(33)30-22-20-9-4-3-7-18(20)19-8-5-6-10-21(19)31(2)26(22)35/h3-14,22-23,32H,1-2H3,(H,29,34)(H,30,33). The number of amides is 3. The Balaban J connectivity index is 1.54. The van der Waals surface area contributed by atoms with Crippen LogP contribution in [0.5, 0.6) is 0 Å². The molecule has 3 amide bonds. The number of rotatable bonds is 5. The Bertz CT molecular complexity index is 1290. The van der Waals surface area contributed by atoms with Gasteiger partial charge in [-0.25, -0.2) is 8.78 Å². The van der Waals surface area contributed by atoms with Gasteiger partial charge in [0, 0.05) is 18.7 Å². The number of carbonyl (C=O) groups is 3. The first-order valence-electron chi connectivity index (χ1n) is 10.9. The van der Waals surface area contributed by atoms with Gasteiger partial charge in [0.1, 0.15) is 23.7 Å². The van der Waals surface area contributed by atoms with Gasteiger partial charge in [0.25, 0.3) is 11.8 Å². The molecule has 3 N–H and O–H groups in total. The molecule has 0 radical (unpaired) electrons. The molecular weight excluding hydrogens is 456 g/mol. The molecule has 9 heteroatoms. The van der Waals surface area contributed by atoms with E-state index in [1.54, 1.807) is 19.2 Å². The van der Waals surface area contributed by atoms with Crippen molar-refractivity contribution in [3.8, 4) is 11.1 Å². The average Bonchev–Trinajstić information content (AvgIpc) is 2.92. The van der Waals surface area contributed by atoms with Crippen LogP contribution in [0.3, 0.4) is 0 Å². The average molecular weight is 479 g/mol. The van der Waals surface area contributed by atoms with Crippen molar-refractivity contribution in [2.45, 2.75) is 25.1 Å². The Morgan fingerprint density at radius 1 is 0.943 bits per heavy atom. The van der Waals surface area contributed by atoms with Crippen LogP contribution in [0.2, 0.25) is 0 Å². The first-order valence-corrected chi connectivity index (χ1v) is 10.9. The smallest absolute Gasteiger partial charge is 0.254 e. The van der Waals surface area contributed by atoms with Crippen LogP contribution in [0.4, 0.5) is 14.5 Å². The second-order valence-electron chi connectivity index (χ2n) is 8.28. The molecule has 0 fully saturated rings. The van der Waals surface area contributed by atoms with Crippen molar-refractivity contribution in [3.63, 3.8) is 0 Å². The van der Waals surface area contributed by atoms with Gasteiger partial charge >= 0.3 is 0 Å². The van der Waals surface area contributed by atoms with Gasteiger partial charge in [-0.1, -0.05) is 42.5 Å². The molecule has 0 bridgehead atoms. The van der Waals surface area contributed by atoms with Gasteiger partial charge in [0.05, 0.1) is 5.69 Å². The van der Waals surface area contributed by atoms with E-state index in [1.165, 1.54) is 11.8 Å². The number of hydrogen-bond donors (Lipinski definition) is 3. The van der Waals surface area contributed by atoms with E-state index in [1.807, 2.05) is 36.4 Å². The van der Waals surface area contributed by atoms with Gasteiger partial charge in [-0.15, -0.1) is 0 Å². The number of hydrogen-bond acceptors (Lipinski definition) is 4. The SMILES string of the molecule is CC(NC(=O)C(O)c1cc(F)cc(F)c1)C(=O)NC1C(=O)N(C)c2ccccc2-c2ccccc21. The third-order valence-corrected chi connectivity index (χ3v) is 5.89. The van der Waals surface area contributed by atoms with Gasteiger partial charge in [0.2, 0.25) is 5.91 Å². The molecule has 0 aliphatic carbocycles. The monoisotopic (exact) mass is 479 g/mol. The fourth-order valence-corrected chi connectivity index (χ4v) is 4.08. The van der Waals surface area contributed by atoms with Crippen LogP contribution >= 0.6 is 0 Å². The molecule has 0 saturated carbocycles. The molecule has 1 heterocycles. The van der Waals surface area contributed by atoms with Crippen LogP contribution < -0.4 is 15.5 Å². The summed E-state index contributed by atoms with van der Waals surface area (Å²) in [5.41, 5.74) is 2.61. The maximum absolute atomic E-state index is 13.4. The number of anilines is 1. The summed E-state index contributed by atoms with van der Waals surface area (Å²) in [6.07, 6.45) is -1.89. The molecule has 1 aliphatic rings. The minimum Gasteiger partial charge on any atom is -0.378 e. The minimum atomic E-state index is -1.89. The van der Waals surface area contributed by atoms with Crippen molar-refractivity contribution in [1.29, 1.82) is 0 Å². The van der Waals surface area contributed by atoms with E-state index in [0.29, 0.717) is 17.3 Å². The molecule has 0 saturated heterocycles. The lowest BCUT2D eigenvalue weighted by molar-refractivity contribution is -0.134. The number of benzene rings is 3. The van der Waals surface area contributed by atoms with E-state index < -0.39 is 41.6 Å². The predicted octanol–water partition coefficient (Wildman–Crippen LogP) is 3.00. The van der Waals surface area contributed by atoms with Crippen molar-refractivity contribution >= 4 is 23.4 Å². The molecule has 180 valence electrons. The van der Waals surface area contributed by atoms with E-state index in [9.17, 15) is 28.3 Å². The number of halogens is 2. The van der Waals surface area contributed by atoms with Crippen LogP contribution in [0.25, 0.3) is 11.1 Å². The molecule has 3 atom stereocenters. The Morgan fingerprint density at radius 2 is 1.54 bits per heavy atom. The minimum absolute atomic E-state index is 0.292. The lowest BCUT2D eigenvalue weighted by Crippen LogP contribution is -2.49. The van der Waals surface area contributed by atoms with Gasteiger partial charge in [-0.3, -0.25) is 14.4 Å². The van der Waals surface area contributed by atoms with Crippen LogP contribution in [-0.2, 0) is 14.4 Å². The van der Waals surface area contributed by atoms with Gasteiger partial charge in [0.15, 0.2) is 6.10 Å². The number of nitrogens with one attached hydrogen (secondary N) is 2. The Labute approximate surface area is 200 Å². The lowest BCUT2D eigenvalue weighted by Gasteiger charge is -2.24. The summed E-state index contributed by atoms with van der Waals surface area (Å²) in [6.45, 7) is 1.37. The van der Waals surface area contributed by atoms with Crippen molar-refractivity contribution in [3.05, 3.63) is 89.5 Å². The zero-order chi connectivity index (χ0) is 25.3. The maximum Gasteiger partial charge on any atom is 0.254 e. The highest BCUT2D eigenvalue weighted by Crippen LogP contribution is 2.39. The number of para-hydroxylation sites is 1. The molecule has 4 rings (SSSR count). The summed E-state index contributed by atoms with van der Waals surface area (Å²) in [5.74, 6) is -3.97. The van der Waals surface area contributed by atoms with E-state index >= 15 is 0 Å². The van der Waals surface area contributed by atoms with Gasteiger partial charge < -0.3 is 20.6 Å². The number of fused-ring (bicyclic) bond motifs is 3. The fraction of sp³-hybridized carbons (Fsp3) is 0.192. The Kier molecular flexibility index (Phi) is 6.61. The molecule has 3 aromatic rings. The Morgan fingerprint density at radius 3 is 2.23 bits per heavy atom. The first kappa shape index (κ1) is 24.0. The number of likely N-dealkylation sites (N-methyl/N-ethyl adjacent to an activating group) is 1. The number of nitrogens with zero attached hydrogens (tertiary/aromatic N) is 1. The van der Waals surface area contributed by atoms with Crippen LogP contribution in [0, 0.1) is 11.6 Å². The fourth-order valence-electron chi connectivity index (χ4n) is 4.08. The highest BCUT2D eigenvalue weighted by molar-refractivity contribution is 6.06. The summed E-state index contributed by atoms with van der Waals surface area (Å²) in [6, 6.07) is 14.7. The number of carbonyl (C=O) groups excluding carboxylic acids is 3. The van der Waals surface area contributed by atoms with Crippen LogP contribution in [0.1, 0.15) is 30.2 Å².